The average Bonchev–Trinajstić information content (AvgIpc) is 2.09. The van der Waals surface area contributed by atoms with Crippen molar-refractivity contribution in [2.24, 2.45) is 5.18 Å². The highest BCUT2D eigenvalue weighted by atomic mass is 16.5. The first-order chi connectivity index (χ1) is 5.79. The van der Waals surface area contributed by atoms with Crippen LogP contribution in [0.1, 0.15) is 12.5 Å². The lowest BCUT2D eigenvalue weighted by atomic mass is 10.2. The van der Waals surface area contributed by atoms with Gasteiger partial charge < -0.3 is 4.74 Å². The molecule has 0 bridgehead atoms. The lowest BCUT2D eigenvalue weighted by Gasteiger charge is -2.06. The van der Waals surface area contributed by atoms with Gasteiger partial charge in [-0.2, -0.15) is 0 Å². The number of nitrogens with zero attached hydrogens (tertiary/aromatic N) is 1. The van der Waals surface area contributed by atoms with E-state index in [2.05, 4.69) is 5.18 Å². The zero-order valence-corrected chi connectivity index (χ0v) is 7.20. The molecule has 3 heteroatoms. The molecule has 0 aliphatic heterocycles. The normalized spacial score (nSPS) is 9.50. The van der Waals surface area contributed by atoms with E-state index < -0.39 is 0 Å². The highest BCUT2D eigenvalue weighted by molar-refractivity contribution is 5.52. The van der Waals surface area contributed by atoms with Crippen LogP contribution in [0.25, 0.3) is 0 Å². The largest absolute Gasteiger partial charge is 0.494 e. The Balaban J connectivity index is 3.04. The van der Waals surface area contributed by atoms with Gasteiger partial charge in [-0.1, -0.05) is 6.07 Å². The molecule has 0 spiro atoms. The molecule has 3 nitrogen and oxygen atoms in total. The van der Waals surface area contributed by atoms with E-state index in [0.717, 1.165) is 11.3 Å². The minimum atomic E-state index is 0.445. The number of hydrogen-bond acceptors (Lipinski definition) is 3. The van der Waals surface area contributed by atoms with Crippen molar-refractivity contribution in [3.05, 3.63) is 28.7 Å². The Morgan fingerprint density at radius 3 is 2.83 bits per heavy atom. The molecular formula is C9H11NO2. The van der Waals surface area contributed by atoms with E-state index in [-0.39, 0.29) is 0 Å². The molecule has 0 aromatic heterocycles. The van der Waals surface area contributed by atoms with Crippen molar-refractivity contribution >= 4 is 5.69 Å². The summed E-state index contributed by atoms with van der Waals surface area (Å²) in [5.41, 5.74) is 1.25. The van der Waals surface area contributed by atoms with Gasteiger partial charge in [0.25, 0.3) is 0 Å². The smallest absolute Gasteiger partial charge is 0.124 e. The van der Waals surface area contributed by atoms with Crippen molar-refractivity contribution in [1.29, 1.82) is 0 Å². The fourth-order valence-electron chi connectivity index (χ4n) is 1.01. The van der Waals surface area contributed by atoms with Gasteiger partial charge in [-0.3, -0.25) is 0 Å². The van der Waals surface area contributed by atoms with Gasteiger partial charge in [-0.15, -0.1) is 4.91 Å². The lowest BCUT2D eigenvalue weighted by Crippen LogP contribution is -1.93. The quantitative estimate of drug-likeness (QED) is 0.646. The van der Waals surface area contributed by atoms with Gasteiger partial charge in [-0.25, -0.2) is 0 Å². The number of ether oxygens (including phenoxy) is 1. The minimum Gasteiger partial charge on any atom is -0.494 e. The number of hydrogen-bond donors (Lipinski definition) is 0. The van der Waals surface area contributed by atoms with Gasteiger partial charge in [0.05, 0.1) is 6.61 Å². The highest BCUT2D eigenvalue weighted by Crippen LogP contribution is 2.27. The van der Waals surface area contributed by atoms with Crippen LogP contribution >= 0.6 is 0 Å². The summed E-state index contributed by atoms with van der Waals surface area (Å²) < 4.78 is 5.28. The van der Waals surface area contributed by atoms with E-state index in [1.165, 1.54) is 0 Å². The number of nitroso groups, excluding NO2 is 1. The molecule has 0 aliphatic rings. The first-order valence-corrected chi connectivity index (χ1v) is 3.85. The summed E-state index contributed by atoms with van der Waals surface area (Å²) in [5.74, 6) is 0.731. The van der Waals surface area contributed by atoms with Crippen LogP contribution in [0.4, 0.5) is 5.69 Å². The van der Waals surface area contributed by atoms with E-state index in [0.29, 0.717) is 12.3 Å². The first-order valence-electron chi connectivity index (χ1n) is 3.85. The number of benzene rings is 1. The third-order valence-electron chi connectivity index (χ3n) is 1.65. The zero-order chi connectivity index (χ0) is 8.97. The maximum absolute atomic E-state index is 10.3. The fraction of sp³-hybridized carbons (Fsp3) is 0.333. The van der Waals surface area contributed by atoms with Crippen LogP contribution < -0.4 is 4.74 Å². The van der Waals surface area contributed by atoms with Crippen LogP contribution in [-0.4, -0.2) is 6.61 Å². The van der Waals surface area contributed by atoms with Crippen LogP contribution in [-0.2, 0) is 0 Å². The summed E-state index contributed by atoms with van der Waals surface area (Å²) in [6.45, 7) is 4.32. The van der Waals surface area contributed by atoms with Crippen molar-refractivity contribution < 1.29 is 4.74 Å². The molecule has 0 atom stereocenters. The summed E-state index contributed by atoms with van der Waals surface area (Å²) in [6, 6.07) is 5.26. The Hall–Kier alpha value is -1.38. The maximum atomic E-state index is 10.3. The van der Waals surface area contributed by atoms with Gasteiger partial charge in [0.2, 0.25) is 0 Å². The van der Waals surface area contributed by atoms with Crippen LogP contribution in [0, 0.1) is 11.8 Å². The minimum absolute atomic E-state index is 0.445. The Morgan fingerprint density at radius 1 is 1.50 bits per heavy atom. The zero-order valence-electron chi connectivity index (χ0n) is 7.20. The maximum Gasteiger partial charge on any atom is 0.124 e. The molecule has 0 aliphatic carbocycles. The molecule has 1 aromatic rings. The van der Waals surface area contributed by atoms with Gasteiger partial charge in [0, 0.05) is 5.56 Å². The van der Waals surface area contributed by atoms with Crippen LogP contribution in [0.15, 0.2) is 23.4 Å². The van der Waals surface area contributed by atoms with E-state index in [9.17, 15) is 4.91 Å². The summed E-state index contributed by atoms with van der Waals surface area (Å²) >= 11 is 0. The summed E-state index contributed by atoms with van der Waals surface area (Å²) in [5, 5.41) is 2.88. The van der Waals surface area contributed by atoms with E-state index in [1.807, 2.05) is 19.9 Å². The Morgan fingerprint density at radius 2 is 2.25 bits per heavy atom. The van der Waals surface area contributed by atoms with E-state index in [1.54, 1.807) is 12.1 Å². The van der Waals surface area contributed by atoms with Crippen molar-refractivity contribution in [3.63, 3.8) is 0 Å². The summed E-state index contributed by atoms with van der Waals surface area (Å²) in [7, 11) is 0. The molecule has 0 heterocycles. The van der Waals surface area contributed by atoms with Gasteiger partial charge in [0.1, 0.15) is 11.4 Å². The second kappa shape index (κ2) is 3.85. The van der Waals surface area contributed by atoms with Crippen molar-refractivity contribution in [1.82, 2.24) is 0 Å². The second-order valence-corrected chi connectivity index (χ2v) is 2.42. The van der Waals surface area contributed by atoms with Crippen molar-refractivity contribution in [2.75, 3.05) is 6.61 Å². The van der Waals surface area contributed by atoms with E-state index >= 15 is 0 Å². The molecule has 0 radical (unpaired) electrons. The average molecular weight is 165 g/mol. The summed E-state index contributed by atoms with van der Waals surface area (Å²) in [4.78, 5) is 10.3. The standard InChI is InChI=1S/C9H11NO2/c1-3-12-9-6-4-5-8(10-11)7(9)2/h4-6H,3H2,1-2H3. The van der Waals surface area contributed by atoms with Crippen molar-refractivity contribution in [2.45, 2.75) is 13.8 Å². The second-order valence-electron chi connectivity index (χ2n) is 2.42. The topological polar surface area (TPSA) is 38.7 Å². The molecule has 1 rings (SSSR count). The highest BCUT2D eigenvalue weighted by Gasteiger charge is 2.03. The van der Waals surface area contributed by atoms with Gasteiger partial charge >= 0.3 is 0 Å². The summed E-state index contributed by atoms with van der Waals surface area (Å²) in [6.07, 6.45) is 0. The third-order valence-corrected chi connectivity index (χ3v) is 1.65. The van der Waals surface area contributed by atoms with Crippen LogP contribution in [0.3, 0.4) is 0 Å². The SMILES string of the molecule is CCOc1cccc(N=O)c1C. The molecule has 64 valence electrons. The fourth-order valence-corrected chi connectivity index (χ4v) is 1.01. The Labute approximate surface area is 71.3 Å². The molecule has 12 heavy (non-hydrogen) atoms. The molecule has 0 N–H and O–H groups in total. The Bertz CT molecular complexity index is 284. The predicted molar refractivity (Wildman–Crippen MR) is 47.8 cm³/mol. The molecular weight excluding hydrogens is 154 g/mol. The predicted octanol–water partition coefficient (Wildman–Crippen LogP) is 2.79. The first kappa shape index (κ1) is 8.71. The molecule has 0 saturated heterocycles. The molecule has 0 fully saturated rings. The van der Waals surface area contributed by atoms with Crippen LogP contribution in [0.2, 0.25) is 0 Å². The number of rotatable bonds is 3. The molecule has 0 amide bonds. The van der Waals surface area contributed by atoms with Crippen molar-refractivity contribution in [3.8, 4) is 5.75 Å². The van der Waals surface area contributed by atoms with E-state index in [4.69, 9.17) is 4.74 Å². The van der Waals surface area contributed by atoms with Crippen LogP contribution in [0.5, 0.6) is 5.75 Å². The monoisotopic (exact) mass is 165 g/mol. The Kier molecular flexibility index (Phi) is 2.80. The molecule has 0 saturated carbocycles. The van der Waals surface area contributed by atoms with Gasteiger partial charge in [-0.05, 0) is 31.2 Å². The van der Waals surface area contributed by atoms with Gasteiger partial charge in [0.15, 0.2) is 0 Å². The molecule has 1 aromatic carbocycles. The molecule has 0 unspecified atom stereocenters. The lowest BCUT2D eigenvalue weighted by molar-refractivity contribution is 0.338. The third kappa shape index (κ3) is 1.61.